The van der Waals surface area contributed by atoms with E-state index in [0.717, 1.165) is 5.75 Å². The first-order valence-electron chi connectivity index (χ1n) is 8.45. The van der Waals surface area contributed by atoms with Gasteiger partial charge in [0.05, 0.1) is 11.5 Å². The summed E-state index contributed by atoms with van der Waals surface area (Å²) < 4.78 is 5.62. The number of aryl methyl sites for hydroxylation is 1. The van der Waals surface area contributed by atoms with Crippen molar-refractivity contribution in [3.8, 4) is 5.75 Å². The fraction of sp³-hybridized carbons (Fsp3) is 0.350. The number of nitrogens with one attached hydrogen (secondary N) is 1. The zero-order valence-electron chi connectivity index (χ0n) is 15.5. The lowest BCUT2D eigenvalue weighted by atomic mass is 9.87. The third kappa shape index (κ3) is 5.05. The molecule has 0 saturated heterocycles. The molecule has 0 aliphatic heterocycles. The van der Waals surface area contributed by atoms with Crippen molar-refractivity contribution in [3.05, 3.63) is 69.3 Å². The molecule has 0 unspecified atom stereocenters. The summed E-state index contributed by atoms with van der Waals surface area (Å²) in [6, 6.07) is 12.3. The first kappa shape index (κ1) is 19.4. The molecule has 0 aliphatic rings. The number of amides is 1. The highest BCUT2D eigenvalue weighted by Crippen LogP contribution is 2.24. The number of nitro groups is 1. The van der Waals surface area contributed by atoms with E-state index in [-0.39, 0.29) is 22.6 Å². The van der Waals surface area contributed by atoms with Crippen LogP contribution in [-0.4, -0.2) is 24.0 Å². The fourth-order valence-electron chi connectivity index (χ4n) is 2.43. The normalized spacial score (nSPS) is 11.1. The van der Waals surface area contributed by atoms with E-state index in [1.807, 2.05) is 24.3 Å². The number of nitrogens with zero attached hydrogens (tertiary/aromatic N) is 1. The quantitative estimate of drug-likeness (QED) is 0.482. The standard InChI is InChI=1S/C20H24N2O4/c1-14-5-6-15(13-18(14)22(24)25)19(23)21-11-12-26-17-9-7-16(8-10-17)20(2,3)4/h5-10,13H,11-12H2,1-4H3,(H,21,23). The lowest BCUT2D eigenvalue weighted by Gasteiger charge is -2.19. The van der Waals surface area contributed by atoms with Crippen LogP contribution in [0.4, 0.5) is 5.69 Å². The van der Waals surface area contributed by atoms with Crippen molar-refractivity contribution in [2.45, 2.75) is 33.1 Å². The maximum atomic E-state index is 12.1. The molecule has 0 fully saturated rings. The maximum absolute atomic E-state index is 12.1. The molecule has 2 aromatic rings. The fourth-order valence-corrected chi connectivity index (χ4v) is 2.43. The van der Waals surface area contributed by atoms with Crippen molar-refractivity contribution in [1.82, 2.24) is 5.32 Å². The molecular formula is C20H24N2O4. The molecule has 2 rings (SSSR count). The summed E-state index contributed by atoms with van der Waals surface area (Å²) in [5, 5.41) is 13.7. The van der Waals surface area contributed by atoms with E-state index in [9.17, 15) is 14.9 Å². The van der Waals surface area contributed by atoms with E-state index in [1.165, 1.54) is 11.6 Å². The van der Waals surface area contributed by atoms with E-state index in [0.29, 0.717) is 18.7 Å². The van der Waals surface area contributed by atoms with E-state index >= 15 is 0 Å². The minimum absolute atomic E-state index is 0.0622. The Hall–Kier alpha value is -2.89. The lowest BCUT2D eigenvalue weighted by molar-refractivity contribution is -0.385. The van der Waals surface area contributed by atoms with Gasteiger partial charge in [0, 0.05) is 17.2 Å². The van der Waals surface area contributed by atoms with Gasteiger partial charge in [0.2, 0.25) is 0 Å². The van der Waals surface area contributed by atoms with Crippen LogP contribution in [0.3, 0.4) is 0 Å². The summed E-state index contributed by atoms with van der Waals surface area (Å²) in [6.45, 7) is 8.70. The predicted octanol–water partition coefficient (Wildman–Crippen LogP) is 4.01. The zero-order chi connectivity index (χ0) is 19.3. The monoisotopic (exact) mass is 356 g/mol. The minimum Gasteiger partial charge on any atom is -0.492 e. The summed E-state index contributed by atoms with van der Waals surface area (Å²) in [7, 11) is 0. The summed E-state index contributed by atoms with van der Waals surface area (Å²) in [6.07, 6.45) is 0. The molecule has 26 heavy (non-hydrogen) atoms. The summed E-state index contributed by atoms with van der Waals surface area (Å²) in [4.78, 5) is 22.6. The van der Waals surface area contributed by atoms with Crippen molar-refractivity contribution in [3.63, 3.8) is 0 Å². The summed E-state index contributed by atoms with van der Waals surface area (Å²) in [5.41, 5.74) is 2.03. The molecule has 6 nitrogen and oxygen atoms in total. The molecule has 1 N–H and O–H groups in total. The van der Waals surface area contributed by atoms with Gasteiger partial charge in [-0.15, -0.1) is 0 Å². The van der Waals surface area contributed by atoms with Gasteiger partial charge in [0.15, 0.2) is 0 Å². The highest BCUT2D eigenvalue weighted by Gasteiger charge is 2.15. The van der Waals surface area contributed by atoms with Crippen LogP contribution in [0.15, 0.2) is 42.5 Å². The number of carbonyl (C=O) groups excluding carboxylic acids is 1. The topological polar surface area (TPSA) is 81.5 Å². The number of ether oxygens (including phenoxy) is 1. The van der Waals surface area contributed by atoms with Crippen LogP contribution in [0, 0.1) is 17.0 Å². The third-order valence-electron chi connectivity index (χ3n) is 4.04. The Morgan fingerprint density at radius 1 is 1.15 bits per heavy atom. The number of rotatable bonds is 6. The molecule has 0 radical (unpaired) electrons. The van der Waals surface area contributed by atoms with Crippen molar-refractivity contribution < 1.29 is 14.5 Å². The highest BCUT2D eigenvalue weighted by molar-refractivity contribution is 5.94. The van der Waals surface area contributed by atoms with Crippen LogP contribution in [0.25, 0.3) is 0 Å². The molecule has 1 amide bonds. The molecule has 0 saturated carbocycles. The van der Waals surface area contributed by atoms with Gasteiger partial charge in [-0.25, -0.2) is 0 Å². The Balaban J connectivity index is 1.85. The van der Waals surface area contributed by atoms with Crippen molar-refractivity contribution >= 4 is 11.6 Å². The Morgan fingerprint density at radius 2 is 1.81 bits per heavy atom. The van der Waals surface area contributed by atoms with Crippen molar-refractivity contribution in [2.75, 3.05) is 13.2 Å². The average Bonchev–Trinajstić information content (AvgIpc) is 2.58. The Bertz CT molecular complexity index is 792. The third-order valence-corrected chi connectivity index (χ3v) is 4.04. The van der Waals surface area contributed by atoms with Crippen LogP contribution in [0.1, 0.15) is 42.3 Å². The predicted molar refractivity (Wildman–Crippen MR) is 101 cm³/mol. The maximum Gasteiger partial charge on any atom is 0.273 e. The van der Waals surface area contributed by atoms with E-state index in [2.05, 4.69) is 26.1 Å². The number of benzene rings is 2. The van der Waals surface area contributed by atoms with Crippen LogP contribution < -0.4 is 10.1 Å². The molecule has 0 aromatic heterocycles. The van der Waals surface area contributed by atoms with Gasteiger partial charge < -0.3 is 10.1 Å². The van der Waals surface area contributed by atoms with Gasteiger partial charge >= 0.3 is 0 Å². The molecule has 0 bridgehead atoms. The smallest absolute Gasteiger partial charge is 0.273 e. The van der Waals surface area contributed by atoms with E-state index in [1.54, 1.807) is 19.1 Å². The minimum atomic E-state index is -0.490. The molecule has 0 spiro atoms. The Morgan fingerprint density at radius 3 is 2.38 bits per heavy atom. The van der Waals surface area contributed by atoms with Crippen LogP contribution >= 0.6 is 0 Å². The van der Waals surface area contributed by atoms with Crippen LogP contribution in [0.5, 0.6) is 5.75 Å². The Labute approximate surface area is 153 Å². The van der Waals surface area contributed by atoms with Gasteiger partial charge in [-0.2, -0.15) is 0 Å². The van der Waals surface area contributed by atoms with Gasteiger partial charge in [-0.05, 0) is 36.1 Å². The number of hydrogen-bond acceptors (Lipinski definition) is 4. The molecule has 0 atom stereocenters. The number of carbonyl (C=O) groups is 1. The first-order valence-corrected chi connectivity index (χ1v) is 8.45. The van der Waals surface area contributed by atoms with Gasteiger partial charge in [-0.1, -0.05) is 39.0 Å². The van der Waals surface area contributed by atoms with E-state index in [4.69, 9.17) is 4.74 Å². The SMILES string of the molecule is Cc1ccc(C(=O)NCCOc2ccc(C(C)(C)C)cc2)cc1[N+](=O)[O-]. The number of nitro benzene ring substituents is 1. The molecule has 0 heterocycles. The second-order valence-electron chi connectivity index (χ2n) is 7.14. The average molecular weight is 356 g/mol. The lowest BCUT2D eigenvalue weighted by Crippen LogP contribution is -2.28. The van der Waals surface area contributed by atoms with Gasteiger partial charge in [0.1, 0.15) is 12.4 Å². The molecule has 0 aliphatic carbocycles. The summed E-state index contributed by atoms with van der Waals surface area (Å²) >= 11 is 0. The van der Waals surface area contributed by atoms with Crippen LogP contribution in [0.2, 0.25) is 0 Å². The second kappa shape index (κ2) is 7.99. The Kier molecular flexibility index (Phi) is 5.97. The molecule has 138 valence electrons. The first-order chi connectivity index (χ1) is 12.2. The molecule has 2 aromatic carbocycles. The highest BCUT2D eigenvalue weighted by atomic mass is 16.6. The largest absolute Gasteiger partial charge is 0.492 e. The number of hydrogen-bond donors (Lipinski definition) is 1. The zero-order valence-corrected chi connectivity index (χ0v) is 15.5. The van der Waals surface area contributed by atoms with E-state index < -0.39 is 4.92 Å². The molecular weight excluding hydrogens is 332 g/mol. The summed E-state index contributed by atoms with van der Waals surface area (Å²) in [5.74, 6) is 0.373. The van der Waals surface area contributed by atoms with Gasteiger partial charge in [-0.3, -0.25) is 14.9 Å². The van der Waals surface area contributed by atoms with Gasteiger partial charge in [0.25, 0.3) is 11.6 Å². The van der Waals surface area contributed by atoms with Crippen LogP contribution in [-0.2, 0) is 5.41 Å². The van der Waals surface area contributed by atoms with Crippen molar-refractivity contribution in [2.24, 2.45) is 0 Å². The molecule has 6 heteroatoms. The second-order valence-corrected chi connectivity index (χ2v) is 7.14. The van der Waals surface area contributed by atoms with Crippen molar-refractivity contribution in [1.29, 1.82) is 0 Å².